The fraction of sp³-hybridized carbons (Fsp3) is 0.929. The minimum Gasteiger partial charge on any atom is -0.393 e. The monoisotopic (exact) mass is 416 g/mol. The molecule has 0 amide bonds. The molecule has 4 saturated carbocycles. The zero-order valence-corrected chi connectivity index (χ0v) is 20.4. The zero-order chi connectivity index (χ0) is 21.8. The predicted octanol–water partition coefficient (Wildman–Crippen LogP) is 6.61. The first-order chi connectivity index (χ1) is 14.1. The van der Waals surface area contributed by atoms with Crippen molar-refractivity contribution in [1.82, 2.24) is 0 Å². The minimum absolute atomic E-state index is 0.0873. The molecular formula is C28H48O2. The Morgan fingerprint density at radius 1 is 0.967 bits per heavy atom. The van der Waals surface area contributed by atoms with Crippen molar-refractivity contribution in [3.63, 3.8) is 0 Å². The fourth-order valence-electron chi connectivity index (χ4n) is 9.06. The smallest absolute Gasteiger partial charge is 0.0602 e. The van der Waals surface area contributed by atoms with Gasteiger partial charge in [0.05, 0.1) is 12.2 Å². The van der Waals surface area contributed by atoms with E-state index in [2.05, 4.69) is 41.2 Å². The number of aliphatic hydroxyl groups excluding tert-OH is 2. The van der Waals surface area contributed by atoms with Crippen molar-refractivity contribution in [3.8, 4) is 0 Å². The lowest BCUT2D eigenvalue weighted by atomic mass is 9.43. The second kappa shape index (κ2) is 8.22. The summed E-state index contributed by atoms with van der Waals surface area (Å²) in [7, 11) is 0. The van der Waals surface area contributed by atoms with Crippen molar-refractivity contribution in [3.05, 3.63) is 12.2 Å². The molecule has 0 aliphatic heterocycles. The molecule has 0 spiro atoms. The van der Waals surface area contributed by atoms with Gasteiger partial charge in [-0.3, -0.25) is 0 Å². The van der Waals surface area contributed by atoms with E-state index < -0.39 is 0 Å². The van der Waals surface area contributed by atoms with E-state index >= 15 is 0 Å². The summed E-state index contributed by atoms with van der Waals surface area (Å²) >= 11 is 0. The molecule has 3 unspecified atom stereocenters. The van der Waals surface area contributed by atoms with Gasteiger partial charge in [-0.1, -0.05) is 46.8 Å². The number of hydrogen-bond donors (Lipinski definition) is 2. The highest BCUT2D eigenvalue weighted by atomic mass is 16.3. The molecule has 2 heteroatoms. The van der Waals surface area contributed by atoms with Crippen LogP contribution in [0.1, 0.15) is 98.8 Å². The topological polar surface area (TPSA) is 40.5 Å². The molecule has 172 valence electrons. The van der Waals surface area contributed by atoms with E-state index in [0.717, 1.165) is 38.0 Å². The number of fused-ring (bicyclic) bond motifs is 5. The van der Waals surface area contributed by atoms with E-state index in [1.165, 1.54) is 37.7 Å². The Hall–Kier alpha value is -0.340. The van der Waals surface area contributed by atoms with E-state index in [9.17, 15) is 10.2 Å². The molecule has 2 N–H and O–H groups in total. The van der Waals surface area contributed by atoms with Crippen LogP contribution < -0.4 is 0 Å². The lowest BCUT2D eigenvalue weighted by molar-refractivity contribution is -0.174. The Morgan fingerprint density at radius 2 is 1.70 bits per heavy atom. The predicted molar refractivity (Wildman–Crippen MR) is 125 cm³/mol. The fourth-order valence-corrected chi connectivity index (χ4v) is 9.06. The van der Waals surface area contributed by atoms with Crippen LogP contribution in [-0.4, -0.2) is 22.4 Å². The zero-order valence-electron chi connectivity index (χ0n) is 20.4. The highest BCUT2D eigenvalue weighted by Gasteiger charge is 2.63. The largest absolute Gasteiger partial charge is 0.393 e. The van der Waals surface area contributed by atoms with Crippen LogP contribution in [-0.2, 0) is 0 Å². The molecule has 2 nitrogen and oxygen atoms in total. The van der Waals surface area contributed by atoms with Gasteiger partial charge in [0.2, 0.25) is 0 Å². The van der Waals surface area contributed by atoms with Gasteiger partial charge in [0.15, 0.2) is 0 Å². The molecule has 0 aromatic carbocycles. The first kappa shape index (κ1) is 22.8. The third-order valence-electron chi connectivity index (χ3n) is 11.2. The van der Waals surface area contributed by atoms with Gasteiger partial charge in [0, 0.05) is 0 Å². The number of hydrogen-bond acceptors (Lipinski definition) is 2. The summed E-state index contributed by atoms with van der Waals surface area (Å²) in [5.74, 6) is 4.70. The molecule has 0 saturated heterocycles. The maximum atomic E-state index is 11.7. The number of allylic oxidation sites excluding steroid dienone is 1. The molecule has 0 heterocycles. The first-order valence-corrected chi connectivity index (χ1v) is 13.1. The normalized spacial score (nSPS) is 49.3. The summed E-state index contributed by atoms with van der Waals surface area (Å²) in [5.41, 5.74) is 1.82. The summed E-state index contributed by atoms with van der Waals surface area (Å²) in [4.78, 5) is 0. The quantitative estimate of drug-likeness (QED) is 0.495. The molecule has 4 rings (SSSR count). The molecule has 0 radical (unpaired) electrons. The SMILES string of the molecule is C=C(CC[C@@H](C)[C@H]1CC[C@H]2[C@@H]3CCC4CC(O)CC[C@]4(C)[C@H]3CC(O)[C@]12C)C(C)C. The van der Waals surface area contributed by atoms with Gasteiger partial charge in [-0.2, -0.15) is 0 Å². The van der Waals surface area contributed by atoms with E-state index in [1.54, 1.807) is 0 Å². The van der Waals surface area contributed by atoms with Crippen LogP contribution in [0.25, 0.3) is 0 Å². The molecule has 0 aromatic rings. The summed E-state index contributed by atoms with van der Waals surface area (Å²) in [6.07, 6.45) is 11.5. The Bertz CT molecular complexity index is 641. The molecule has 4 fully saturated rings. The van der Waals surface area contributed by atoms with Crippen molar-refractivity contribution < 1.29 is 10.2 Å². The number of aliphatic hydroxyl groups is 2. The van der Waals surface area contributed by atoms with Gasteiger partial charge in [-0.05, 0) is 116 Å². The molecule has 4 aliphatic rings. The van der Waals surface area contributed by atoms with Gasteiger partial charge in [-0.15, -0.1) is 0 Å². The average Bonchev–Trinajstić information content (AvgIpc) is 3.06. The van der Waals surface area contributed by atoms with E-state index in [1.807, 2.05) is 0 Å². The molecule has 0 aromatic heterocycles. The third-order valence-corrected chi connectivity index (χ3v) is 11.2. The van der Waals surface area contributed by atoms with Gasteiger partial charge in [0.25, 0.3) is 0 Å². The number of rotatable bonds is 5. The average molecular weight is 417 g/mol. The van der Waals surface area contributed by atoms with Gasteiger partial charge in [-0.25, -0.2) is 0 Å². The van der Waals surface area contributed by atoms with Crippen molar-refractivity contribution >= 4 is 0 Å². The van der Waals surface area contributed by atoms with Gasteiger partial charge in [0.1, 0.15) is 0 Å². The summed E-state index contributed by atoms with van der Waals surface area (Å²) in [6.45, 7) is 16.2. The first-order valence-electron chi connectivity index (χ1n) is 13.1. The van der Waals surface area contributed by atoms with Crippen LogP contribution in [0.5, 0.6) is 0 Å². The standard InChI is InChI=1S/C28H48O2/c1-17(2)18(3)7-8-19(4)23-11-12-24-22-10-9-20-15-21(29)13-14-27(20,5)25(22)16-26(30)28(23,24)6/h17,19-26,29-30H,3,7-16H2,1-2,4-6H3/t19-,20?,21?,22+,23-,24+,25+,26?,27+,28-/m1/s1. The molecule has 10 atom stereocenters. The Labute approximate surface area is 185 Å². The Kier molecular flexibility index (Phi) is 6.26. The van der Waals surface area contributed by atoms with Gasteiger partial charge >= 0.3 is 0 Å². The lowest BCUT2D eigenvalue weighted by Crippen LogP contribution is -2.58. The third kappa shape index (κ3) is 3.53. The van der Waals surface area contributed by atoms with Crippen molar-refractivity contribution in [2.24, 2.45) is 52.3 Å². The van der Waals surface area contributed by atoms with Crippen LogP contribution in [0.2, 0.25) is 0 Å². The van der Waals surface area contributed by atoms with Crippen LogP contribution in [0.4, 0.5) is 0 Å². The summed E-state index contributed by atoms with van der Waals surface area (Å²) in [5, 5.41) is 21.9. The molecule has 0 bridgehead atoms. The maximum absolute atomic E-state index is 11.7. The van der Waals surface area contributed by atoms with Gasteiger partial charge < -0.3 is 10.2 Å². The molecule has 4 aliphatic carbocycles. The van der Waals surface area contributed by atoms with Crippen LogP contribution in [0.15, 0.2) is 12.2 Å². The summed E-state index contributed by atoms with van der Waals surface area (Å²) in [6, 6.07) is 0. The lowest BCUT2D eigenvalue weighted by Gasteiger charge is -2.62. The van der Waals surface area contributed by atoms with Crippen LogP contribution >= 0.6 is 0 Å². The second-order valence-corrected chi connectivity index (χ2v) is 12.7. The van der Waals surface area contributed by atoms with Crippen molar-refractivity contribution in [1.29, 1.82) is 0 Å². The summed E-state index contributed by atoms with van der Waals surface area (Å²) < 4.78 is 0. The highest BCUT2D eigenvalue weighted by Crippen LogP contribution is 2.68. The van der Waals surface area contributed by atoms with Crippen LogP contribution in [0.3, 0.4) is 0 Å². The van der Waals surface area contributed by atoms with Crippen molar-refractivity contribution in [2.75, 3.05) is 0 Å². The van der Waals surface area contributed by atoms with E-state index in [4.69, 9.17) is 0 Å². The van der Waals surface area contributed by atoms with Crippen LogP contribution in [0, 0.1) is 52.3 Å². The molecule has 30 heavy (non-hydrogen) atoms. The minimum atomic E-state index is -0.158. The van der Waals surface area contributed by atoms with Crippen molar-refractivity contribution in [2.45, 2.75) is 111 Å². The molecular weight excluding hydrogens is 368 g/mol. The Morgan fingerprint density at radius 3 is 2.40 bits per heavy atom. The van der Waals surface area contributed by atoms with E-state index in [-0.39, 0.29) is 17.6 Å². The Balaban J connectivity index is 1.52. The highest BCUT2D eigenvalue weighted by molar-refractivity contribution is 5.12. The second-order valence-electron chi connectivity index (χ2n) is 12.7. The van der Waals surface area contributed by atoms with E-state index in [0.29, 0.717) is 40.9 Å². The maximum Gasteiger partial charge on any atom is 0.0602 e.